The van der Waals surface area contributed by atoms with Gasteiger partial charge in [0.25, 0.3) is 0 Å². The van der Waals surface area contributed by atoms with Crippen LogP contribution in [-0.2, 0) is 24.3 Å². The van der Waals surface area contributed by atoms with Crippen LogP contribution < -0.4 is 5.32 Å². The second-order valence-corrected chi connectivity index (χ2v) is 6.78. The third kappa shape index (κ3) is 4.25. The number of nitrogens with one attached hydrogen (secondary N) is 1. The standard InChI is InChI=1S/C18H18Cl2N2O/c1-12(23)21-18-3-2-14-10-22(11-15(14)8-18)5-4-13-6-16(19)9-17(20)7-13/h2-3,6-9H,4-5,10-11H2,1H3,(H,21,23). The Kier molecular flexibility index (Phi) is 4.90. The smallest absolute Gasteiger partial charge is 0.221 e. The predicted molar refractivity (Wildman–Crippen MR) is 95.0 cm³/mol. The minimum atomic E-state index is -0.0439. The highest BCUT2D eigenvalue weighted by Gasteiger charge is 2.19. The summed E-state index contributed by atoms with van der Waals surface area (Å²) in [7, 11) is 0. The highest BCUT2D eigenvalue weighted by Crippen LogP contribution is 2.26. The molecule has 1 aliphatic heterocycles. The second-order valence-electron chi connectivity index (χ2n) is 5.90. The molecule has 5 heteroatoms. The molecule has 0 saturated heterocycles. The van der Waals surface area contributed by atoms with Crippen molar-refractivity contribution in [3.05, 3.63) is 63.1 Å². The first-order valence-electron chi connectivity index (χ1n) is 7.56. The van der Waals surface area contributed by atoms with Crippen molar-refractivity contribution in [2.24, 2.45) is 0 Å². The number of hydrogen-bond acceptors (Lipinski definition) is 2. The predicted octanol–water partition coefficient (Wildman–Crippen LogP) is 4.51. The maximum absolute atomic E-state index is 11.1. The molecule has 120 valence electrons. The minimum Gasteiger partial charge on any atom is -0.326 e. The molecule has 0 bridgehead atoms. The van der Waals surface area contributed by atoms with Crippen LogP contribution in [0.3, 0.4) is 0 Å². The Hall–Kier alpha value is -1.55. The van der Waals surface area contributed by atoms with E-state index in [9.17, 15) is 4.79 Å². The van der Waals surface area contributed by atoms with Crippen LogP contribution in [0.25, 0.3) is 0 Å². The molecule has 0 fully saturated rings. The number of carbonyl (C=O) groups is 1. The number of anilines is 1. The first kappa shape index (κ1) is 16.3. The van der Waals surface area contributed by atoms with E-state index in [4.69, 9.17) is 23.2 Å². The lowest BCUT2D eigenvalue weighted by molar-refractivity contribution is -0.114. The third-order valence-electron chi connectivity index (χ3n) is 3.95. The first-order chi connectivity index (χ1) is 11.0. The molecule has 2 aromatic rings. The Morgan fingerprint density at radius 2 is 1.78 bits per heavy atom. The van der Waals surface area contributed by atoms with Crippen LogP contribution in [0.5, 0.6) is 0 Å². The maximum Gasteiger partial charge on any atom is 0.221 e. The van der Waals surface area contributed by atoms with Gasteiger partial charge in [-0.1, -0.05) is 29.3 Å². The summed E-state index contributed by atoms with van der Waals surface area (Å²) in [5, 5.41) is 4.19. The van der Waals surface area contributed by atoms with Crippen LogP contribution >= 0.6 is 23.2 Å². The van der Waals surface area contributed by atoms with Crippen LogP contribution in [-0.4, -0.2) is 17.4 Å². The van der Waals surface area contributed by atoms with Gasteiger partial charge in [0.15, 0.2) is 0 Å². The van der Waals surface area contributed by atoms with Gasteiger partial charge in [0, 0.05) is 42.3 Å². The van der Waals surface area contributed by atoms with Gasteiger partial charge in [-0.25, -0.2) is 0 Å². The fourth-order valence-electron chi connectivity index (χ4n) is 2.95. The number of fused-ring (bicyclic) bond motifs is 1. The molecule has 23 heavy (non-hydrogen) atoms. The lowest BCUT2D eigenvalue weighted by Crippen LogP contribution is -2.19. The molecular weight excluding hydrogens is 331 g/mol. The van der Waals surface area contributed by atoms with E-state index in [1.165, 1.54) is 18.1 Å². The maximum atomic E-state index is 11.1. The molecule has 0 aliphatic carbocycles. The summed E-state index contributed by atoms with van der Waals surface area (Å²) in [6.07, 6.45) is 0.910. The normalized spacial score (nSPS) is 13.9. The summed E-state index contributed by atoms with van der Waals surface area (Å²) in [4.78, 5) is 13.5. The molecule has 1 aliphatic rings. The summed E-state index contributed by atoms with van der Waals surface area (Å²) in [5.41, 5.74) is 4.61. The Morgan fingerprint density at radius 1 is 1.09 bits per heavy atom. The lowest BCUT2D eigenvalue weighted by Gasteiger charge is -2.14. The zero-order chi connectivity index (χ0) is 16.4. The Labute approximate surface area is 146 Å². The van der Waals surface area contributed by atoms with E-state index in [0.29, 0.717) is 10.0 Å². The lowest BCUT2D eigenvalue weighted by atomic mass is 10.1. The topological polar surface area (TPSA) is 32.3 Å². The van der Waals surface area contributed by atoms with Gasteiger partial charge in [-0.15, -0.1) is 0 Å². The largest absolute Gasteiger partial charge is 0.326 e. The zero-order valence-corrected chi connectivity index (χ0v) is 14.4. The van der Waals surface area contributed by atoms with Crippen LogP contribution in [0.1, 0.15) is 23.6 Å². The molecule has 3 rings (SSSR count). The van der Waals surface area contributed by atoms with Crippen molar-refractivity contribution in [1.29, 1.82) is 0 Å². The monoisotopic (exact) mass is 348 g/mol. The van der Waals surface area contributed by atoms with E-state index >= 15 is 0 Å². The van der Waals surface area contributed by atoms with Crippen LogP contribution in [0.4, 0.5) is 5.69 Å². The average molecular weight is 349 g/mol. The van der Waals surface area contributed by atoms with Crippen LogP contribution in [0.15, 0.2) is 36.4 Å². The van der Waals surface area contributed by atoms with Crippen molar-refractivity contribution in [2.75, 3.05) is 11.9 Å². The summed E-state index contributed by atoms with van der Waals surface area (Å²) in [6.45, 7) is 4.30. The fourth-order valence-corrected chi connectivity index (χ4v) is 3.52. The third-order valence-corrected chi connectivity index (χ3v) is 4.39. The van der Waals surface area contributed by atoms with Gasteiger partial charge in [0.1, 0.15) is 0 Å². The quantitative estimate of drug-likeness (QED) is 0.881. The molecular formula is C18H18Cl2N2O. The number of carbonyl (C=O) groups excluding carboxylic acids is 1. The minimum absolute atomic E-state index is 0.0439. The van der Waals surface area contributed by atoms with E-state index < -0.39 is 0 Å². The number of halogens is 2. The number of nitrogens with zero attached hydrogens (tertiary/aromatic N) is 1. The second kappa shape index (κ2) is 6.91. The Bertz CT molecular complexity index is 726. The highest BCUT2D eigenvalue weighted by molar-refractivity contribution is 6.34. The average Bonchev–Trinajstić information content (AvgIpc) is 2.85. The van der Waals surface area contributed by atoms with Gasteiger partial charge in [0.05, 0.1) is 0 Å². The van der Waals surface area contributed by atoms with Gasteiger partial charge in [-0.3, -0.25) is 9.69 Å². The first-order valence-corrected chi connectivity index (χ1v) is 8.32. The van der Waals surface area contributed by atoms with E-state index in [0.717, 1.165) is 37.3 Å². The molecule has 3 nitrogen and oxygen atoms in total. The summed E-state index contributed by atoms with van der Waals surface area (Å²) < 4.78 is 0. The van der Waals surface area contributed by atoms with Crippen molar-refractivity contribution in [1.82, 2.24) is 4.90 Å². The van der Waals surface area contributed by atoms with Crippen molar-refractivity contribution in [3.8, 4) is 0 Å². The molecule has 1 heterocycles. The van der Waals surface area contributed by atoms with E-state index in [-0.39, 0.29) is 5.91 Å². The van der Waals surface area contributed by atoms with Crippen molar-refractivity contribution in [3.63, 3.8) is 0 Å². The highest BCUT2D eigenvalue weighted by atomic mass is 35.5. The Balaban J connectivity index is 1.62. The molecule has 1 N–H and O–H groups in total. The molecule has 0 atom stereocenters. The number of benzene rings is 2. The van der Waals surface area contributed by atoms with Gasteiger partial charge in [0.2, 0.25) is 5.91 Å². The van der Waals surface area contributed by atoms with E-state index in [1.54, 1.807) is 6.07 Å². The van der Waals surface area contributed by atoms with Crippen molar-refractivity contribution < 1.29 is 4.79 Å². The fraction of sp³-hybridized carbons (Fsp3) is 0.278. The molecule has 0 aromatic heterocycles. The van der Waals surface area contributed by atoms with Gasteiger partial charge < -0.3 is 5.32 Å². The Morgan fingerprint density at radius 3 is 2.48 bits per heavy atom. The number of amides is 1. The summed E-state index contributed by atoms with van der Waals surface area (Å²) in [5.74, 6) is -0.0439. The summed E-state index contributed by atoms with van der Waals surface area (Å²) in [6, 6.07) is 11.8. The van der Waals surface area contributed by atoms with E-state index in [1.807, 2.05) is 18.2 Å². The van der Waals surface area contributed by atoms with Crippen molar-refractivity contribution in [2.45, 2.75) is 26.4 Å². The van der Waals surface area contributed by atoms with Gasteiger partial charge in [-0.2, -0.15) is 0 Å². The number of hydrogen-bond donors (Lipinski definition) is 1. The molecule has 0 unspecified atom stereocenters. The molecule has 1 amide bonds. The molecule has 0 spiro atoms. The van der Waals surface area contributed by atoms with Crippen molar-refractivity contribution >= 4 is 34.8 Å². The zero-order valence-electron chi connectivity index (χ0n) is 12.9. The van der Waals surface area contributed by atoms with Gasteiger partial charge in [-0.05, 0) is 53.4 Å². The van der Waals surface area contributed by atoms with E-state index in [2.05, 4.69) is 22.3 Å². The molecule has 2 aromatic carbocycles. The SMILES string of the molecule is CC(=O)Nc1ccc2c(c1)CN(CCc1cc(Cl)cc(Cl)c1)C2. The number of rotatable bonds is 4. The molecule has 0 radical (unpaired) electrons. The van der Waals surface area contributed by atoms with Gasteiger partial charge >= 0.3 is 0 Å². The molecule has 0 saturated carbocycles. The van der Waals surface area contributed by atoms with Crippen LogP contribution in [0.2, 0.25) is 10.0 Å². The van der Waals surface area contributed by atoms with Crippen LogP contribution in [0, 0.1) is 0 Å². The summed E-state index contributed by atoms with van der Waals surface area (Å²) >= 11 is 12.1.